The molecule has 1 radical (unpaired) electrons. The number of para-hydroxylation sites is 1. The first kappa shape index (κ1) is 6.61. The molecule has 3 heteroatoms. The third kappa shape index (κ3) is 1.25. The minimum atomic E-state index is -0.139. The van der Waals surface area contributed by atoms with Crippen LogP contribution in [-0.2, 0) is 5.11 Å². The van der Waals surface area contributed by atoms with Crippen molar-refractivity contribution in [2.24, 2.45) is 5.16 Å². The summed E-state index contributed by atoms with van der Waals surface area (Å²) in [6.07, 6.45) is 1.11. The Bertz CT molecular complexity index is 245. The van der Waals surface area contributed by atoms with Gasteiger partial charge < -0.3 is 5.21 Å². The van der Waals surface area contributed by atoms with E-state index in [4.69, 9.17) is 5.21 Å². The van der Waals surface area contributed by atoms with Gasteiger partial charge in [0.15, 0.2) is 5.75 Å². The maximum absolute atomic E-state index is 10.8. The molecule has 1 aromatic rings. The zero-order valence-corrected chi connectivity index (χ0v) is 5.19. The summed E-state index contributed by atoms with van der Waals surface area (Å²) in [6, 6.07) is 6.34. The minimum absolute atomic E-state index is 0.139. The fourth-order valence-electron chi connectivity index (χ4n) is 0.649. The first-order chi connectivity index (χ1) is 4.84. The molecule has 0 fully saturated rings. The van der Waals surface area contributed by atoms with Gasteiger partial charge in [-0.15, -0.1) is 0 Å². The van der Waals surface area contributed by atoms with Gasteiger partial charge in [0.05, 0.1) is 6.21 Å². The van der Waals surface area contributed by atoms with E-state index < -0.39 is 0 Å². The molecule has 0 spiro atoms. The molecule has 0 amide bonds. The van der Waals surface area contributed by atoms with Crippen LogP contribution in [0.15, 0.2) is 29.4 Å². The van der Waals surface area contributed by atoms with E-state index in [1.807, 2.05) is 0 Å². The standard InChI is InChI=1S/C7H6NO2/c9-7-4-2-1-3-6(7)5-8-10/h1-5,10H. The summed E-state index contributed by atoms with van der Waals surface area (Å²) in [4.78, 5) is 0. The maximum Gasteiger partial charge on any atom is 0.187 e. The molecule has 0 heterocycles. The van der Waals surface area contributed by atoms with Gasteiger partial charge in [0, 0.05) is 5.56 Å². The monoisotopic (exact) mass is 136 g/mol. The molecule has 1 N–H and O–H groups in total. The first-order valence-corrected chi connectivity index (χ1v) is 2.78. The summed E-state index contributed by atoms with van der Waals surface area (Å²) in [5.41, 5.74) is 0.394. The van der Waals surface area contributed by atoms with Crippen LogP contribution in [0.25, 0.3) is 0 Å². The fraction of sp³-hybridized carbons (Fsp3) is 0. The molecular formula is C7H6NO2. The molecule has 0 saturated carbocycles. The van der Waals surface area contributed by atoms with Crippen LogP contribution < -0.4 is 0 Å². The second-order valence-electron chi connectivity index (χ2n) is 1.78. The summed E-state index contributed by atoms with van der Waals surface area (Å²) < 4.78 is 0. The van der Waals surface area contributed by atoms with Crippen LogP contribution in [0.2, 0.25) is 0 Å². The van der Waals surface area contributed by atoms with Crippen LogP contribution in [0.5, 0.6) is 5.75 Å². The normalized spacial score (nSPS) is 10.4. The highest BCUT2D eigenvalue weighted by Crippen LogP contribution is 2.13. The van der Waals surface area contributed by atoms with Gasteiger partial charge in [0.2, 0.25) is 0 Å². The molecule has 0 saturated heterocycles. The van der Waals surface area contributed by atoms with Crippen molar-refractivity contribution in [1.82, 2.24) is 0 Å². The van der Waals surface area contributed by atoms with E-state index in [9.17, 15) is 5.11 Å². The first-order valence-electron chi connectivity index (χ1n) is 2.78. The molecule has 1 rings (SSSR count). The Hall–Kier alpha value is -1.51. The second kappa shape index (κ2) is 2.87. The Morgan fingerprint density at radius 3 is 2.70 bits per heavy atom. The number of benzene rings is 1. The van der Waals surface area contributed by atoms with E-state index in [2.05, 4.69) is 5.16 Å². The summed E-state index contributed by atoms with van der Waals surface area (Å²) in [7, 11) is 0. The number of oxime groups is 1. The Labute approximate surface area is 58.2 Å². The number of rotatable bonds is 1. The number of nitrogens with zero attached hydrogens (tertiary/aromatic N) is 1. The fourth-order valence-corrected chi connectivity index (χ4v) is 0.649. The predicted molar refractivity (Wildman–Crippen MR) is 36.0 cm³/mol. The van der Waals surface area contributed by atoms with Crippen molar-refractivity contribution in [1.29, 1.82) is 0 Å². The van der Waals surface area contributed by atoms with Gasteiger partial charge in [-0.05, 0) is 12.1 Å². The summed E-state index contributed by atoms with van der Waals surface area (Å²) in [6.45, 7) is 0. The molecule has 1 aromatic carbocycles. The quantitative estimate of drug-likeness (QED) is 0.356. The third-order valence-corrected chi connectivity index (χ3v) is 1.12. The molecule has 51 valence electrons. The molecule has 0 aromatic heterocycles. The zero-order valence-electron chi connectivity index (χ0n) is 5.19. The molecule has 0 aliphatic heterocycles. The lowest BCUT2D eigenvalue weighted by Crippen LogP contribution is -1.78. The molecular weight excluding hydrogens is 130 g/mol. The van der Waals surface area contributed by atoms with E-state index in [1.165, 1.54) is 6.07 Å². The number of hydrogen-bond acceptors (Lipinski definition) is 2. The lowest BCUT2D eigenvalue weighted by Gasteiger charge is -1.89. The molecule has 3 nitrogen and oxygen atoms in total. The van der Waals surface area contributed by atoms with E-state index >= 15 is 0 Å². The van der Waals surface area contributed by atoms with Gasteiger partial charge >= 0.3 is 0 Å². The molecule has 0 bridgehead atoms. The largest absolute Gasteiger partial charge is 0.411 e. The lowest BCUT2D eigenvalue weighted by atomic mass is 10.2. The van der Waals surface area contributed by atoms with Crippen LogP contribution in [0.4, 0.5) is 0 Å². The highest BCUT2D eigenvalue weighted by molar-refractivity contribution is 5.82. The molecule has 0 unspecified atom stereocenters. The lowest BCUT2D eigenvalue weighted by molar-refractivity contribution is 0.320. The van der Waals surface area contributed by atoms with Crippen molar-refractivity contribution in [3.8, 4) is 5.75 Å². The molecule has 0 atom stereocenters. The third-order valence-electron chi connectivity index (χ3n) is 1.12. The van der Waals surface area contributed by atoms with E-state index in [1.54, 1.807) is 18.2 Å². The highest BCUT2D eigenvalue weighted by atomic mass is 16.4. The topological polar surface area (TPSA) is 52.5 Å². The van der Waals surface area contributed by atoms with E-state index in [0.29, 0.717) is 5.56 Å². The van der Waals surface area contributed by atoms with Gasteiger partial charge in [-0.3, -0.25) is 5.11 Å². The smallest absolute Gasteiger partial charge is 0.187 e. The van der Waals surface area contributed by atoms with Gasteiger partial charge in [-0.25, -0.2) is 0 Å². The number of hydrogen-bond donors (Lipinski definition) is 1. The van der Waals surface area contributed by atoms with E-state index in [0.717, 1.165) is 6.21 Å². The van der Waals surface area contributed by atoms with Gasteiger partial charge in [-0.1, -0.05) is 17.3 Å². The van der Waals surface area contributed by atoms with Crippen molar-refractivity contribution in [2.45, 2.75) is 0 Å². The van der Waals surface area contributed by atoms with Crippen molar-refractivity contribution in [2.75, 3.05) is 0 Å². The molecule has 10 heavy (non-hydrogen) atoms. The second-order valence-corrected chi connectivity index (χ2v) is 1.78. The SMILES string of the molecule is [O]c1ccccc1C=NO. The van der Waals surface area contributed by atoms with Crippen LogP contribution in [0.3, 0.4) is 0 Å². The Balaban J connectivity index is 3.03. The van der Waals surface area contributed by atoms with Crippen molar-refractivity contribution in [3.63, 3.8) is 0 Å². The Morgan fingerprint density at radius 1 is 1.40 bits per heavy atom. The highest BCUT2D eigenvalue weighted by Gasteiger charge is 1.95. The van der Waals surface area contributed by atoms with Gasteiger partial charge in [0.25, 0.3) is 0 Å². The Kier molecular flexibility index (Phi) is 1.89. The van der Waals surface area contributed by atoms with Crippen LogP contribution >= 0.6 is 0 Å². The van der Waals surface area contributed by atoms with Crippen molar-refractivity contribution < 1.29 is 10.3 Å². The average molecular weight is 136 g/mol. The minimum Gasteiger partial charge on any atom is -0.411 e. The maximum atomic E-state index is 10.8. The summed E-state index contributed by atoms with van der Waals surface area (Å²) in [5.74, 6) is -0.139. The predicted octanol–water partition coefficient (Wildman–Crippen LogP) is 1.64. The Morgan fingerprint density at radius 2 is 2.10 bits per heavy atom. The average Bonchev–Trinajstić information content (AvgIpc) is 1.94. The molecule has 0 aliphatic carbocycles. The van der Waals surface area contributed by atoms with E-state index in [-0.39, 0.29) is 5.75 Å². The van der Waals surface area contributed by atoms with Crippen LogP contribution in [0.1, 0.15) is 5.56 Å². The zero-order chi connectivity index (χ0) is 7.40. The molecule has 0 aliphatic rings. The van der Waals surface area contributed by atoms with Gasteiger partial charge in [-0.2, -0.15) is 0 Å². The van der Waals surface area contributed by atoms with Gasteiger partial charge in [0.1, 0.15) is 0 Å². The van der Waals surface area contributed by atoms with Crippen LogP contribution in [-0.4, -0.2) is 11.4 Å². The van der Waals surface area contributed by atoms with Crippen LogP contribution in [0, 0.1) is 0 Å². The summed E-state index contributed by atoms with van der Waals surface area (Å²) in [5, 5.41) is 21.6. The van der Waals surface area contributed by atoms with Crippen molar-refractivity contribution >= 4 is 6.21 Å². The van der Waals surface area contributed by atoms with Crippen molar-refractivity contribution in [3.05, 3.63) is 29.8 Å². The summed E-state index contributed by atoms with van der Waals surface area (Å²) >= 11 is 0.